The van der Waals surface area contributed by atoms with Crippen molar-refractivity contribution in [2.75, 3.05) is 0 Å². The van der Waals surface area contributed by atoms with Crippen LogP contribution in [0.2, 0.25) is 0 Å². The van der Waals surface area contributed by atoms with Crippen LogP contribution < -0.4 is 5.32 Å². The predicted molar refractivity (Wildman–Crippen MR) is 108 cm³/mol. The van der Waals surface area contributed by atoms with Gasteiger partial charge in [0.15, 0.2) is 5.78 Å². The van der Waals surface area contributed by atoms with E-state index in [2.05, 4.69) is 37.2 Å². The van der Waals surface area contributed by atoms with E-state index in [1.165, 1.54) is 6.92 Å². The molecule has 0 aliphatic carbocycles. The molecular weight excluding hydrogens is 493 g/mol. The highest BCUT2D eigenvalue weighted by molar-refractivity contribution is 9.10. The molecule has 0 spiro atoms. The molecule has 0 saturated heterocycles. The topological polar surface area (TPSA) is 46.2 Å². The number of benzene rings is 2. The first-order valence-corrected chi connectivity index (χ1v) is 9.82. The average molecular weight is 508 g/mol. The molecule has 0 aliphatic rings. The van der Waals surface area contributed by atoms with Gasteiger partial charge >= 0.3 is 0 Å². The fraction of sp³-hybridized carbons (Fsp3) is 0.222. The van der Waals surface area contributed by atoms with Gasteiger partial charge in [0.05, 0.1) is 0 Å². The molecular formula is C18H15Br2Cl2NO2. The van der Waals surface area contributed by atoms with E-state index in [1.807, 2.05) is 12.1 Å². The maximum absolute atomic E-state index is 12.8. The Labute approximate surface area is 173 Å². The SMILES string of the molecule is CC(=O)NC(CC(=O)c1ccc(Br)cc1)(c1ccc(Br)cc1)C(Cl)Cl. The zero-order valence-electron chi connectivity index (χ0n) is 13.2. The third-order valence-corrected chi connectivity index (χ3v) is 5.54. The van der Waals surface area contributed by atoms with Gasteiger partial charge in [-0.3, -0.25) is 9.59 Å². The molecule has 0 saturated carbocycles. The molecule has 7 heteroatoms. The number of carbonyl (C=O) groups excluding carboxylic acids is 2. The van der Waals surface area contributed by atoms with Crippen molar-refractivity contribution in [2.45, 2.75) is 23.7 Å². The van der Waals surface area contributed by atoms with Crippen LogP contribution in [0.15, 0.2) is 57.5 Å². The lowest BCUT2D eigenvalue weighted by molar-refractivity contribution is -0.120. The number of halogens is 4. The van der Waals surface area contributed by atoms with Crippen molar-refractivity contribution in [3.05, 3.63) is 68.6 Å². The molecule has 2 aromatic carbocycles. The zero-order valence-corrected chi connectivity index (χ0v) is 17.9. The van der Waals surface area contributed by atoms with Crippen LogP contribution in [0.3, 0.4) is 0 Å². The normalized spacial score (nSPS) is 13.4. The lowest BCUT2D eigenvalue weighted by Gasteiger charge is -2.36. The summed E-state index contributed by atoms with van der Waals surface area (Å²) in [6, 6.07) is 14.2. The molecule has 0 aliphatic heterocycles. The molecule has 1 unspecified atom stereocenters. The smallest absolute Gasteiger partial charge is 0.217 e. The number of alkyl halides is 2. The first kappa shape index (κ1) is 20.4. The van der Waals surface area contributed by atoms with Gasteiger partial charge in [0.2, 0.25) is 5.91 Å². The third kappa shape index (κ3) is 5.07. The highest BCUT2D eigenvalue weighted by atomic mass is 79.9. The summed E-state index contributed by atoms with van der Waals surface area (Å²) < 4.78 is 1.74. The predicted octanol–water partition coefficient (Wildman–Crippen LogP) is 5.62. The maximum atomic E-state index is 12.8. The monoisotopic (exact) mass is 505 g/mol. The van der Waals surface area contributed by atoms with Crippen LogP contribution in [0.1, 0.15) is 29.3 Å². The van der Waals surface area contributed by atoms with E-state index >= 15 is 0 Å². The summed E-state index contributed by atoms with van der Waals surface area (Å²) in [7, 11) is 0. The molecule has 0 heterocycles. The third-order valence-electron chi connectivity index (χ3n) is 3.74. The van der Waals surface area contributed by atoms with Gasteiger partial charge in [0, 0.05) is 27.9 Å². The second-order valence-electron chi connectivity index (χ2n) is 5.57. The van der Waals surface area contributed by atoms with Crippen LogP contribution >= 0.6 is 55.1 Å². The van der Waals surface area contributed by atoms with E-state index in [1.54, 1.807) is 36.4 Å². The summed E-state index contributed by atoms with van der Waals surface area (Å²) in [6.07, 6.45) is -0.0620. The molecule has 1 atom stereocenters. The van der Waals surface area contributed by atoms with E-state index in [4.69, 9.17) is 23.2 Å². The quantitative estimate of drug-likeness (QED) is 0.407. The Hall–Kier alpha value is -0.880. The second kappa shape index (κ2) is 8.67. The van der Waals surface area contributed by atoms with Gasteiger partial charge in [0.1, 0.15) is 10.4 Å². The molecule has 0 aromatic heterocycles. The summed E-state index contributed by atoms with van der Waals surface area (Å²) in [5.74, 6) is -0.492. The Kier molecular flexibility index (Phi) is 7.09. The number of ketones is 1. The summed E-state index contributed by atoms with van der Waals surface area (Å²) >= 11 is 19.2. The van der Waals surface area contributed by atoms with Crippen molar-refractivity contribution in [2.24, 2.45) is 0 Å². The molecule has 132 valence electrons. The molecule has 0 bridgehead atoms. The Morgan fingerprint density at radius 3 is 1.92 bits per heavy atom. The number of nitrogens with one attached hydrogen (secondary N) is 1. The minimum atomic E-state index is -1.22. The minimum absolute atomic E-state index is 0.0620. The van der Waals surface area contributed by atoms with Crippen molar-refractivity contribution in [3.8, 4) is 0 Å². The summed E-state index contributed by atoms with van der Waals surface area (Å²) in [4.78, 5) is 23.6. The highest BCUT2D eigenvalue weighted by Gasteiger charge is 2.41. The Balaban J connectivity index is 2.46. The van der Waals surface area contributed by atoms with Crippen LogP contribution in [0.4, 0.5) is 0 Å². The van der Waals surface area contributed by atoms with Gasteiger partial charge in [-0.1, -0.05) is 56.1 Å². The summed E-state index contributed by atoms with van der Waals surface area (Å²) in [5.41, 5.74) is -0.0461. The maximum Gasteiger partial charge on any atom is 0.217 e. The number of carbonyl (C=O) groups is 2. The van der Waals surface area contributed by atoms with Crippen molar-refractivity contribution in [1.29, 1.82) is 0 Å². The van der Waals surface area contributed by atoms with Crippen molar-refractivity contribution >= 4 is 66.8 Å². The lowest BCUT2D eigenvalue weighted by Crippen LogP contribution is -2.51. The van der Waals surface area contributed by atoms with Crippen LogP contribution in [0.5, 0.6) is 0 Å². The Bertz CT molecular complexity index is 764. The van der Waals surface area contributed by atoms with E-state index in [0.29, 0.717) is 11.1 Å². The van der Waals surface area contributed by atoms with Crippen molar-refractivity contribution in [3.63, 3.8) is 0 Å². The Morgan fingerprint density at radius 2 is 1.48 bits per heavy atom. The summed E-state index contributed by atoms with van der Waals surface area (Å²) in [5, 5.41) is 2.79. The van der Waals surface area contributed by atoms with Crippen LogP contribution in [-0.4, -0.2) is 16.5 Å². The van der Waals surface area contributed by atoms with E-state index in [9.17, 15) is 9.59 Å². The number of amides is 1. The number of rotatable bonds is 6. The van der Waals surface area contributed by atoms with Crippen molar-refractivity contribution in [1.82, 2.24) is 5.32 Å². The van der Waals surface area contributed by atoms with Crippen LogP contribution in [-0.2, 0) is 10.3 Å². The molecule has 1 amide bonds. The lowest BCUT2D eigenvalue weighted by atomic mass is 9.84. The first-order valence-electron chi connectivity index (χ1n) is 7.36. The molecule has 0 fully saturated rings. The van der Waals surface area contributed by atoms with Gasteiger partial charge in [-0.2, -0.15) is 0 Å². The minimum Gasteiger partial charge on any atom is -0.344 e. The Morgan fingerprint density at radius 1 is 1.00 bits per heavy atom. The molecule has 3 nitrogen and oxygen atoms in total. The molecule has 0 radical (unpaired) electrons. The molecule has 25 heavy (non-hydrogen) atoms. The van der Waals surface area contributed by atoms with Gasteiger partial charge in [-0.25, -0.2) is 0 Å². The highest BCUT2D eigenvalue weighted by Crippen LogP contribution is 2.36. The number of hydrogen-bond donors (Lipinski definition) is 1. The second-order valence-corrected chi connectivity index (χ2v) is 8.49. The molecule has 2 rings (SSSR count). The average Bonchev–Trinajstić information content (AvgIpc) is 2.54. The van der Waals surface area contributed by atoms with Gasteiger partial charge in [-0.05, 0) is 29.8 Å². The van der Waals surface area contributed by atoms with E-state index in [0.717, 1.165) is 8.95 Å². The fourth-order valence-electron chi connectivity index (χ4n) is 2.53. The largest absolute Gasteiger partial charge is 0.344 e. The van der Waals surface area contributed by atoms with E-state index in [-0.39, 0.29) is 18.1 Å². The number of Topliss-reactive ketones (excluding diaryl/α,β-unsaturated/α-hetero) is 1. The van der Waals surface area contributed by atoms with Gasteiger partial charge in [0.25, 0.3) is 0 Å². The van der Waals surface area contributed by atoms with E-state index < -0.39 is 10.4 Å². The van der Waals surface area contributed by atoms with Crippen LogP contribution in [0, 0.1) is 0 Å². The number of hydrogen-bond acceptors (Lipinski definition) is 2. The summed E-state index contributed by atoms with van der Waals surface area (Å²) in [6.45, 7) is 1.37. The van der Waals surface area contributed by atoms with Gasteiger partial charge < -0.3 is 5.32 Å². The molecule has 2 aromatic rings. The molecule has 1 N–H and O–H groups in total. The zero-order chi connectivity index (χ0) is 18.6. The van der Waals surface area contributed by atoms with Crippen molar-refractivity contribution < 1.29 is 9.59 Å². The first-order chi connectivity index (χ1) is 11.7. The van der Waals surface area contributed by atoms with Crippen LogP contribution in [0.25, 0.3) is 0 Å². The standard InChI is InChI=1S/C18H15Br2Cl2NO2/c1-11(24)23-18(17(21)22,13-4-8-15(20)9-5-13)10-16(25)12-2-6-14(19)7-3-12/h2-9,17H,10H2,1H3,(H,23,24). The van der Waals surface area contributed by atoms with Gasteiger partial charge in [-0.15, -0.1) is 23.2 Å². The fourth-order valence-corrected chi connectivity index (χ4v) is 3.57.